The van der Waals surface area contributed by atoms with E-state index in [-0.39, 0.29) is 12.2 Å². The molecule has 0 bridgehead atoms. The van der Waals surface area contributed by atoms with Gasteiger partial charge in [-0.2, -0.15) is 0 Å². The summed E-state index contributed by atoms with van der Waals surface area (Å²) < 4.78 is 7.67. The Morgan fingerprint density at radius 1 is 0.905 bits per heavy atom. The van der Waals surface area contributed by atoms with Gasteiger partial charge in [-0.25, -0.2) is 0 Å². The maximum atomic E-state index is 6.34. The van der Waals surface area contributed by atoms with Crippen LogP contribution in [0.5, 0.6) is 0 Å². The second-order valence-corrected chi connectivity index (χ2v) is 6.48. The van der Waals surface area contributed by atoms with Gasteiger partial charge in [0.05, 0.1) is 6.10 Å². The summed E-state index contributed by atoms with van der Waals surface area (Å²) in [7, 11) is 0. The largest absolute Gasteiger partial charge is 0.362 e. The Kier molecular flexibility index (Phi) is 3.47. The topological polar surface area (TPSA) is 21.3 Å². The fourth-order valence-electron chi connectivity index (χ4n) is 2.83. The van der Waals surface area contributed by atoms with Crippen LogP contribution in [0.1, 0.15) is 22.6 Å². The molecule has 4 rings (SSSR count). The van der Waals surface area contributed by atoms with Crippen molar-refractivity contribution in [2.75, 3.05) is 13.1 Å². The zero-order valence-electron chi connectivity index (χ0n) is 11.7. The highest BCUT2D eigenvalue weighted by Gasteiger charge is 2.25. The Bertz CT molecular complexity index is 704. The lowest BCUT2D eigenvalue weighted by Crippen LogP contribution is -2.35. The predicted molar refractivity (Wildman–Crippen MR) is 87.7 cm³/mol. The second kappa shape index (κ2) is 5.60. The van der Waals surface area contributed by atoms with E-state index in [1.54, 1.807) is 0 Å². The SMILES string of the molecule is c1ccc(C2CNCC(c3cc4ccccc4s3)O2)cc1. The summed E-state index contributed by atoms with van der Waals surface area (Å²) in [5, 5.41) is 4.82. The molecule has 0 saturated carbocycles. The van der Waals surface area contributed by atoms with Crippen LogP contribution in [0.25, 0.3) is 10.1 Å². The molecule has 3 heteroatoms. The van der Waals surface area contributed by atoms with Gasteiger partial charge >= 0.3 is 0 Å². The van der Waals surface area contributed by atoms with E-state index in [1.165, 1.54) is 20.5 Å². The fraction of sp³-hybridized carbons (Fsp3) is 0.222. The van der Waals surface area contributed by atoms with Gasteiger partial charge in [0.2, 0.25) is 0 Å². The van der Waals surface area contributed by atoms with Crippen molar-refractivity contribution in [3.63, 3.8) is 0 Å². The highest BCUT2D eigenvalue weighted by atomic mass is 32.1. The Labute approximate surface area is 128 Å². The van der Waals surface area contributed by atoms with E-state index >= 15 is 0 Å². The van der Waals surface area contributed by atoms with Crippen molar-refractivity contribution >= 4 is 21.4 Å². The third-order valence-corrected chi connectivity index (χ3v) is 5.13. The van der Waals surface area contributed by atoms with Gasteiger partial charge < -0.3 is 10.1 Å². The Balaban J connectivity index is 1.60. The molecule has 3 aromatic rings. The minimum Gasteiger partial charge on any atom is -0.362 e. The number of hydrogen-bond acceptors (Lipinski definition) is 3. The van der Waals surface area contributed by atoms with Gasteiger partial charge in [0, 0.05) is 22.7 Å². The molecule has 2 heterocycles. The number of hydrogen-bond donors (Lipinski definition) is 1. The number of morpholine rings is 1. The summed E-state index contributed by atoms with van der Waals surface area (Å²) in [4.78, 5) is 1.31. The average Bonchev–Trinajstić information content (AvgIpc) is 3.00. The lowest BCUT2D eigenvalue weighted by Gasteiger charge is -2.30. The van der Waals surface area contributed by atoms with Gasteiger partial charge in [-0.1, -0.05) is 48.5 Å². The normalized spacial score (nSPS) is 22.5. The minimum absolute atomic E-state index is 0.134. The van der Waals surface area contributed by atoms with Gasteiger partial charge in [-0.3, -0.25) is 0 Å². The first kappa shape index (κ1) is 13.0. The summed E-state index contributed by atoms with van der Waals surface area (Å²) in [5.74, 6) is 0. The maximum Gasteiger partial charge on any atom is 0.105 e. The molecule has 0 amide bonds. The zero-order chi connectivity index (χ0) is 14.1. The number of ether oxygens (including phenoxy) is 1. The van der Waals surface area contributed by atoms with Gasteiger partial charge in [0.15, 0.2) is 0 Å². The smallest absolute Gasteiger partial charge is 0.105 e. The molecule has 1 aliphatic rings. The average molecular weight is 295 g/mol. The summed E-state index contributed by atoms with van der Waals surface area (Å²) in [6.07, 6.45) is 0.275. The van der Waals surface area contributed by atoms with Crippen molar-refractivity contribution in [2.24, 2.45) is 0 Å². The highest BCUT2D eigenvalue weighted by Crippen LogP contribution is 2.35. The lowest BCUT2D eigenvalue weighted by molar-refractivity contribution is -0.0387. The first-order chi connectivity index (χ1) is 10.4. The van der Waals surface area contributed by atoms with E-state index in [0.29, 0.717) is 0 Å². The van der Waals surface area contributed by atoms with Crippen LogP contribution >= 0.6 is 11.3 Å². The highest BCUT2D eigenvalue weighted by molar-refractivity contribution is 7.19. The molecular weight excluding hydrogens is 278 g/mol. The molecule has 2 aromatic carbocycles. The van der Waals surface area contributed by atoms with Crippen molar-refractivity contribution < 1.29 is 4.74 Å². The molecule has 106 valence electrons. The molecule has 21 heavy (non-hydrogen) atoms. The fourth-order valence-corrected chi connectivity index (χ4v) is 3.93. The summed E-state index contributed by atoms with van der Waals surface area (Å²) in [6, 6.07) is 21.3. The van der Waals surface area contributed by atoms with Crippen molar-refractivity contribution in [3.05, 3.63) is 71.1 Å². The van der Waals surface area contributed by atoms with Gasteiger partial charge in [-0.15, -0.1) is 11.3 Å². The number of rotatable bonds is 2. The molecule has 2 atom stereocenters. The summed E-state index contributed by atoms with van der Waals surface area (Å²) in [5.41, 5.74) is 1.25. The molecule has 1 saturated heterocycles. The quantitative estimate of drug-likeness (QED) is 0.761. The number of thiophene rings is 1. The number of benzene rings is 2. The molecule has 1 aliphatic heterocycles. The van der Waals surface area contributed by atoms with Gasteiger partial charge in [0.1, 0.15) is 6.10 Å². The third-order valence-electron chi connectivity index (χ3n) is 3.92. The summed E-state index contributed by atoms with van der Waals surface area (Å²) >= 11 is 1.84. The molecule has 1 aromatic heterocycles. The van der Waals surface area contributed by atoms with E-state index in [1.807, 2.05) is 17.4 Å². The van der Waals surface area contributed by atoms with Crippen LogP contribution in [0, 0.1) is 0 Å². The Hall–Kier alpha value is -1.68. The van der Waals surface area contributed by atoms with Crippen LogP contribution in [0.4, 0.5) is 0 Å². The first-order valence-electron chi connectivity index (χ1n) is 7.30. The number of nitrogens with one attached hydrogen (secondary N) is 1. The predicted octanol–water partition coefficient (Wildman–Crippen LogP) is 4.30. The van der Waals surface area contributed by atoms with E-state index < -0.39 is 0 Å². The molecule has 1 fully saturated rings. The van der Waals surface area contributed by atoms with Crippen molar-refractivity contribution in [1.29, 1.82) is 0 Å². The van der Waals surface area contributed by atoms with Crippen LogP contribution in [-0.4, -0.2) is 13.1 Å². The van der Waals surface area contributed by atoms with Gasteiger partial charge in [0.25, 0.3) is 0 Å². The molecule has 1 N–H and O–H groups in total. The van der Waals surface area contributed by atoms with Gasteiger partial charge in [-0.05, 0) is 23.1 Å². The number of fused-ring (bicyclic) bond motifs is 1. The van der Waals surface area contributed by atoms with Crippen LogP contribution in [0.2, 0.25) is 0 Å². The van der Waals surface area contributed by atoms with E-state index in [2.05, 4.69) is 59.9 Å². The molecular formula is C18H17NOS. The zero-order valence-corrected chi connectivity index (χ0v) is 12.5. The lowest BCUT2D eigenvalue weighted by atomic mass is 10.1. The van der Waals surface area contributed by atoms with E-state index in [9.17, 15) is 0 Å². The van der Waals surface area contributed by atoms with Crippen LogP contribution in [0.3, 0.4) is 0 Å². The molecule has 0 spiro atoms. The van der Waals surface area contributed by atoms with E-state index in [4.69, 9.17) is 4.74 Å². The van der Waals surface area contributed by atoms with E-state index in [0.717, 1.165) is 13.1 Å². The monoisotopic (exact) mass is 295 g/mol. The first-order valence-corrected chi connectivity index (χ1v) is 8.11. The standard InChI is InChI=1S/C18H17NOS/c1-2-6-13(7-3-1)15-11-19-12-16(20-15)18-10-14-8-4-5-9-17(14)21-18/h1-10,15-16,19H,11-12H2. The van der Waals surface area contributed by atoms with Crippen LogP contribution < -0.4 is 5.32 Å². The molecule has 0 aliphatic carbocycles. The van der Waals surface area contributed by atoms with Crippen molar-refractivity contribution in [2.45, 2.75) is 12.2 Å². The Morgan fingerprint density at radius 2 is 1.67 bits per heavy atom. The van der Waals surface area contributed by atoms with Crippen molar-refractivity contribution in [1.82, 2.24) is 5.32 Å². The minimum atomic E-state index is 0.134. The molecule has 0 radical (unpaired) electrons. The summed E-state index contributed by atoms with van der Waals surface area (Å²) in [6.45, 7) is 1.77. The maximum absolute atomic E-state index is 6.34. The molecule has 2 nitrogen and oxygen atoms in total. The molecule has 2 unspecified atom stereocenters. The van der Waals surface area contributed by atoms with Crippen LogP contribution in [0.15, 0.2) is 60.7 Å². The second-order valence-electron chi connectivity index (χ2n) is 5.37. The van der Waals surface area contributed by atoms with Crippen LogP contribution in [-0.2, 0) is 4.74 Å². The third kappa shape index (κ3) is 2.60. The Morgan fingerprint density at radius 3 is 2.52 bits per heavy atom. The van der Waals surface area contributed by atoms with Crippen molar-refractivity contribution in [3.8, 4) is 0 Å².